The maximum atomic E-state index is 12.8. The van der Waals surface area contributed by atoms with Crippen molar-refractivity contribution >= 4 is 29.1 Å². The van der Waals surface area contributed by atoms with Crippen molar-refractivity contribution in [1.82, 2.24) is 5.32 Å². The minimum Gasteiger partial charge on any atom is -0.350 e. The molecule has 0 spiro atoms. The molecule has 1 aliphatic rings. The lowest BCUT2D eigenvalue weighted by atomic mass is 10.1. The van der Waals surface area contributed by atoms with E-state index in [-0.39, 0.29) is 30.2 Å². The van der Waals surface area contributed by atoms with Crippen molar-refractivity contribution in [1.29, 1.82) is 0 Å². The number of amides is 3. The minimum atomic E-state index is -0.465. The third-order valence-corrected chi connectivity index (χ3v) is 4.75. The molecule has 3 rings (SSSR count). The van der Waals surface area contributed by atoms with Gasteiger partial charge in [-0.1, -0.05) is 30.3 Å². The maximum absolute atomic E-state index is 12.8. The third-order valence-electron chi connectivity index (χ3n) is 4.75. The van der Waals surface area contributed by atoms with Gasteiger partial charge in [0.25, 0.3) is 5.91 Å². The van der Waals surface area contributed by atoms with Crippen molar-refractivity contribution in [3.63, 3.8) is 0 Å². The summed E-state index contributed by atoms with van der Waals surface area (Å²) in [6, 6.07) is 14.5. The summed E-state index contributed by atoms with van der Waals surface area (Å²) in [5, 5.41) is 5.67. The molecule has 0 radical (unpaired) electrons. The van der Waals surface area contributed by atoms with Crippen LogP contribution in [0.5, 0.6) is 0 Å². The fraction of sp³-hybridized carbons (Fsp3) is 0.318. The van der Waals surface area contributed by atoms with Gasteiger partial charge in [0, 0.05) is 24.7 Å². The van der Waals surface area contributed by atoms with Crippen LogP contribution < -0.4 is 15.5 Å². The Balaban J connectivity index is 1.74. The smallest absolute Gasteiger partial charge is 0.253 e. The summed E-state index contributed by atoms with van der Waals surface area (Å²) < 4.78 is 0. The molecule has 146 valence electrons. The Bertz CT molecular complexity index is 907. The minimum absolute atomic E-state index is 0.00798. The number of anilines is 2. The van der Waals surface area contributed by atoms with E-state index in [0.717, 1.165) is 11.3 Å². The van der Waals surface area contributed by atoms with Crippen LogP contribution in [0.3, 0.4) is 0 Å². The van der Waals surface area contributed by atoms with Crippen LogP contribution in [0.2, 0.25) is 0 Å². The first-order valence-electron chi connectivity index (χ1n) is 9.43. The molecule has 6 nitrogen and oxygen atoms in total. The standard InChI is InChI=1S/C22H25N3O3/c1-14(2)23-22(28)17-9-5-6-10-18(17)24-21(27)16-12-20(26)25(13-16)19-11-7-4-8-15(19)3/h4-11,14,16H,12-13H2,1-3H3,(H,23,28)(H,24,27)/t16-/m0/s1. The van der Waals surface area contributed by atoms with Crippen LogP contribution in [0.1, 0.15) is 36.2 Å². The molecule has 6 heteroatoms. The van der Waals surface area contributed by atoms with Gasteiger partial charge >= 0.3 is 0 Å². The summed E-state index contributed by atoms with van der Waals surface area (Å²) in [7, 11) is 0. The topological polar surface area (TPSA) is 78.5 Å². The molecule has 0 bridgehead atoms. The Morgan fingerprint density at radius 3 is 2.46 bits per heavy atom. The van der Waals surface area contributed by atoms with Gasteiger partial charge in [0.2, 0.25) is 11.8 Å². The van der Waals surface area contributed by atoms with E-state index in [0.29, 0.717) is 17.8 Å². The average molecular weight is 379 g/mol. The number of benzene rings is 2. The molecule has 1 fully saturated rings. The summed E-state index contributed by atoms with van der Waals surface area (Å²) in [4.78, 5) is 39.3. The summed E-state index contributed by atoms with van der Waals surface area (Å²) in [5.41, 5.74) is 2.68. The van der Waals surface area contributed by atoms with E-state index in [1.54, 1.807) is 29.2 Å². The molecule has 1 atom stereocenters. The van der Waals surface area contributed by atoms with Crippen LogP contribution in [0.4, 0.5) is 11.4 Å². The van der Waals surface area contributed by atoms with E-state index < -0.39 is 5.92 Å². The van der Waals surface area contributed by atoms with Crippen LogP contribution in [-0.4, -0.2) is 30.3 Å². The highest BCUT2D eigenvalue weighted by Crippen LogP contribution is 2.28. The first kappa shape index (κ1) is 19.6. The van der Waals surface area contributed by atoms with E-state index in [1.807, 2.05) is 45.0 Å². The zero-order chi connectivity index (χ0) is 20.3. The third kappa shape index (κ3) is 4.22. The van der Waals surface area contributed by atoms with Crippen molar-refractivity contribution in [3.05, 3.63) is 59.7 Å². The fourth-order valence-electron chi connectivity index (χ4n) is 3.35. The highest BCUT2D eigenvalue weighted by molar-refractivity contribution is 6.07. The van der Waals surface area contributed by atoms with Gasteiger partial charge in [0.1, 0.15) is 0 Å². The first-order chi connectivity index (χ1) is 13.4. The van der Waals surface area contributed by atoms with E-state index in [4.69, 9.17) is 0 Å². The van der Waals surface area contributed by atoms with Gasteiger partial charge in [-0.15, -0.1) is 0 Å². The van der Waals surface area contributed by atoms with Gasteiger partial charge < -0.3 is 15.5 Å². The number of nitrogens with zero attached hydrogens (tertiary/aromatic N) is 1. The van der Waals surface area contributed by atoms with E-state index in [9.17, 15) is 14.4 Å². The molecule has 1 saturated heterocycles. The number of rotatable bonds is 5. The summed E-state index contributed by atoms with van der Waals surface area (Å²) in [5.74, 6) is -1.03. The second-order valence-corrected chi connectivity index (χ2v) is 7.35. The molecular weight excluding hydrogens is 354 g/mol. The second kappa shape index (κ2) is 8.25. The molecular formula is C22H25N3O3. The SMILES string of the molecule is Cc1ccccc1N1C[C@@H](C(=O)Nc2ccccc2C(=O)NC(C)C)CC1=O. The molecule has 0 saturated carbocycles. The predicted molar refractivity (Wildman–Crippen MR) is 109 cm³/mol. The summed E-state index contributed by atoms with van der Waals surface area (Å²) >= 11 is 0. The lowest BCUT2D eigenvalue weighted by Gasteiger charge is -2.19. The fourth-order valence-corrected chi connectivity index (χ4v) is 3.35. The van der Waals surface area contributed by atoms with Crippen molar-refractivity contribution in [2.75, 3.05) is 16.8 Å². The Hall–Kier alpha value is -3.15. The Morgan fingerprint density at radius 1 is 1.07 bits per heavy atom. The van der Waals surface area contributed by atoms with Gasteiger partial charge in [-0.3, -0.25) is 14.4 Å². The van der Waals surface area contributed by atoms with Crippen LogP contribution in [0.25, 0.3) is 0 Å². The molecule has 28 heavy (non-hydrogen) atoms. The number of carbonyl (C=O) groups excluding carboxylic acids is 3. The van der Waals surface area contributed by atoms with Gasteiger partial charge in [-0.25, -0.2) is 0 Å². The molecule has 0 unspecified atom stereocenters. The Labute approximate surface area is 164 Å². The van der Waals surface area contributed by atoms with Crippen molar-refractivity contribution in [2.45, 2.75) is 33.2 Å². The van der Waals surface area contributed by atoms with Crippen molar-refractivity contribution in [2.24, 2.45) is 5.92 Å². The van der Waals surface area contributed by atoms with E-state index >= 15 is 0 Å². The van der Waals surface area contributed by atoms with Crippen LogP contribution in [0, 0.1) is 12.8 Å². The molecule has 0 aliphatic carbocycles. The average Bonchev–Trinajstić information content (AvgIpc) is 3.03. The highest BCUT2D eigenvalue weighted by Gasteiger charge is 2.35. The van der Waals surface area contributed by atoms with Gasteiger partial charge in [-0.2, -0.15) is 0 Å². The molecule has 0 aromatic heterocycles. The molecule has 2 aromatic rings. The maximum Gasteiger partial charge on any atom is 0.253 e. The Kier molecular flexibility index (Phi) is 5.78. The predicted octanol–water partition coefficient (Wildman–Crippen LogP) is 3.12. The zero-order valence-electron chi connectivity index (χ0n) is 16.4. The lowest BCUT2D eigenvalue weighted by Crippen LogP contribution is -2.32. The molecule has 2 N–H and O–H groups in total. The number of aryl methyl sites for hydroxylation is 1. The van der Waals surface area contributed by atoms with Crippen molar-refractivity contribution < 1.29 is 14.4 Å². The van der Waals surface area contributed by atoms with E-state index in [2.05, 4.69) is 10.6 Å². The van der Waals surface area contributed by atoms with Crippen LogP contribution in [0.15, 0.2) is 48.5 Å². The highest BCUT2D eigenvalue weighted by atomic mass is 16.2. The molecule has 3 amide bonds. The molecule has 1 heterocycles. The number of nitrogens with one attached hydrogen (secondary N) is 2. The number of carbonyl (C=O) groups is 3. The van der Waals surface area contributed by atoms with Crippen LogP contribution in [-0.2, 0) is 9.59 Å². The quantitative estimate of drug-likeness (QED) is 0.838. The Morgan fingerprint density at radius 2 is 1.75 bits per heavy atom. The van der Waals surface area contributed by atoms with E-state index in [1.165, 1.54) is 0 Å². The number of hydrogen-bond donors (Lipinski definition) is 2. The van der Waals surface area contributed by atoms with Gasteiger partial charge in [0.15, 0.2) is 0 Å². The van der Waals surface area contributed by atoms with Gasteiger partial charge in [0.05, 0.1) is 17.2 Å². The van der Waals surface area contributed by atoms with Crippen molar-refractivity contribution in [3.8, 4) is 0 Å². The summed E-state index contributed by atoms with van der Waals surface area (Å²) in [6.45, 7) is 6.03. The first-order valence-corrected chi connectivity index (χ1v) is 9.43. The monoisotopic (exact) mass is 379 g/mol. The zero-order valence-corrected chi connectivity index (χ0v) is 16.4. The second-order valence-electron chi connectivity index (χ2n) is 7.35. The van der Waals surface area contributed by atoms with Crippen LogP contribution >= 0.6 is 0 Å². The summed E-state index contributed by atoms with van der Waals surface area (Å²) in [6.07, 6.45) is 0.153. The number of para-hydroxylation sites is 2. The lowest BCUT2D eigenvalue weighted by molar-refractivity contribution is -0.122. The molecule has 2 aromatic carbocycles. The largest absolute Gasteiger partial charge is 0.350 e. The number of hydrogen-bond acceptors (Lipinski definition) is 3. The normalized spacial score (nSPS) is 16.4. The van der Waals surface area contributed by atoms with Gasteiger partial charge in [-0.05, 0) is 44.5 Å². The molecule has 1 aliphatic heterocycles.